The van der Waals surface area contributed by atoms with Gasteiger partial charge in [0.1, 0.15) is 17.9 Å². The van der Waals surface area contributed by atoms with Gasteiger partial charge in [0.25, 0.3) is 0 Å². The Morgan fingerprint density at radius 1 is 1.17 bits per heavy atom. The van der Waals surface area contributed by atoms with Crippen molar-refractivity contribution in [3.05, 3.63) is 75.1 Å². The number of benzene rings is 2. The van der Waals surface area contributed by atoms with Crippen molar-refractivity contribution in [1.29, 1.82) is 0 Å². The fraction of sp³-hybridized carbons (Fsp3) is 0.158. The van der Waals surface area contributed by atoms with Crippen LogP contribution in [-0.2, 0) is 11.3 Å². The molecule has 0 unspecified atom stereocenters. The summed E-state index contributed by atoms with van der Waals surface area (Å²) in [7, 11) is 0. The van der Waals surface area contributed by atoms with Crippen LogP contribution < -0.4 is 5.63 Å². The molecule has 24 heavy (non-hydrogen) atoms. The molecule has 0 aliphatic heterocycles. The maximum absolute atomic E-state index is 12.1. The highest BCUT2D eigenvalue weighted by molar-refractivity contribution is 5.90. The molecule has 0 radical (unpaired) electrons. The van der Waals surface area contributed by atoms with Crippen molar-refractivity contribution < 1.29 is 19.1 Å². The molecule has 0 saturated carbocycles. The summed E-state index contributed by atoms with van der Waals surface area (Å²) in [5, 5.41) is 10.2. The number of carbonyl (C=O) groups is 1. The molecule has 0 bridgehead atoms. The van der Waals surface area contributed by atoms with Crippen molar-refractivity contribution in [2.45, 2.75) is 20.5 Å². The lowest BCUT2D eigenvalue weighted by Crippen LogP contribution is -2.08. The molecule has 1 aromatic heterocycles. The van der Waals surface area contributed by atoms with E-state index in [1.54, 1.807) is 12.1 Å². The molecule has 0 amide bonds. The van der Waals surface area contributed by atoms with Gasteiger partial charge in [-0.25, -0.2) is 9.59 Å². The fourth-order valence-corrected chi connectivity index (χ4v) is 2.50. The van der Waals surface area contributed by atoms with E-state index < -0.39 is 11.6 Å². The Morgan fingerprint density at radius 3 is 2.71 bits per heavy atom. The van der Waals surface area contributed by atoms with E-state index in [2.05, 4.69) is 0 Å². The van der Waals surface area contributed by atoms with Crippen LogP contribution in [0, 0.1) is 13.8 Å². The summed E-state index contributed by atoms with van der Waals surface area (Å²) in [6, 6.07) is 11.0. The predicted molar refractivity (Wildman–Crippen MR) is 89.2 cm³/mol. The summed E-state index contributed by atoms with van der Waals surface area (Å²) in [5.41, 5.74) is 2.74. The highest BCUT2D eigenvalue weighted by atomic mass is 16.5. The normalized spacial score (nSPS) is 10.8. The van der Waals surface area contributed by atoms with Crippen molar-refractivity contribution in [1.82, 2.24) is 0 Å². The molecule has 1 heterocycles. The Bertz CT molecular complexity index is 985. The van der Waals surface area contributed by atoms with Crippen LogP contribution in [0.3, 0.4) is 0 Å². The minimum Gasteiger partial charge on any atom is -0.508 e. The lowest BCUT2D eigenvalue weighted by Gasteiger charge is -2.10. The number of carbonyl (C=O) groups excluding carboxylic acids is 1. The highest BCUT2D eigenvalue weighted by Crippen LogP contribution is 2.24. The van der Waals surface area contributed by atoms with E-state index >= 15 is 0 Å². The topological polar surface area (TPSA) is 76.7 Å². The van der Waals surface area contributed by atoms with Gasteiger partial charge in [-0.05, 0) is 43.2 Å². The third kappa shape index (κ3) is 3.01. The van der Waals surface area contributed by atoms with Crippen molar-refractivity contribution in [3.63, 3.8) is 0 Å². The van der Waals surface area contributed by atoms with Crippen LogP contribution >= 0.6 is 0 Å². The lowest BCUT2D eigenvalue weighted by molar-refractivity contribution is 0.0473. The van der Waals surface area contributed by atoms with E-state index in [9.17, 15) is 14.7 Å². The molecule has 3 rings (SSSR count). The number of ether oxygens (including phenoxy) is 1. The molecule has 0 spiro atoms. The van der Waals surface area contributed by atoms with Gasteiger partial charge < -0.3 is 14.3 Å². The third-order valence-corrected chi connectivity index (χ3v) is 3.96. The molecule has 122 valence electrons. The first kappa shape index (κ1) is 15.8. The quantitative estimate of drug-likeness (QED) is 0.589. The van der Waals surface area contributed by atoms with Crippen LogP contribution in [-0.4, -0.2) is 11.1 Å². The van der Waals surface area contributed by atoms with Gasteiger partial charge in [0.05, 0.1) is 5.56 Å². The van der Waals surface area contributed by atoms with Crippen LogP contribution in [0.5, 0.6) is 5.75 Å². The molecule has 0 saturated heterocycles. The van der Waals surface area contributed by atoms with E-state index in [1.807, 2.05) is 26.0 Å². The summed E-state index contributed by atoms with van der Waals surface area (Å²) in [6.07, 6.45) is 0. The van der Waals surface area contributed by atoms with Gasteiger partial charge in [-0.1, -0.05) is 18.2 Å². The molecule has 1 N–H and O–H groups in total. The third-order valence-electron chi connectivity index (χ3n) is 3.96. The van der Waals surface area contributed by atoms with Crippen molar-refractivity contribution >= 4 is 16.9 Å². The maximum Gasteiger partial charge on any atom is 0.338 e. The lowest BCUT2D eigenvalue weighted by atomic mass is 10.0. The second-order valence-corrected chi connectivity index (χ2v) is 5.60. The van der Waals surface area contributed by atoms with Crippen LogP contribution in [0.15, 0.2) is 51.7 Å². The van der Waals surface area contributed by atoms with E-state index in [1.165, 1.54) is 18.2 Å². The van der Waals surface area contributed by atoms with Gasteiger partial charge in [-0.2, -0.15) is 0 Å². The van der Waals surface area contributed by atoms with Crippen LogP contribution in [0.1, 0.15) is 27.0 Å². The smallest absolute Gasteiger partial charge is 0.338 e. The Hall–Kier alpha value is -3.08. The summed E-state index contributed by atoms with van der Waals surface area (Å²) >= 11 is 0. The second kappa shape index (κ2) is 6.20. The summed E-state index contributed by atoms with van der Waals surface area (Å²) in [4.78, 5) is 23.9. The molecule has 0 atom stereocenters. The van der Waals surface area contributed by atoms with Crippen LogP contribution in [0.2, 0.25) is 0 Å². The highest BCUT2D eigenvalue weighted by Gasteiger charge is 2.13. The van der Waals surface area contributed by atoms with E-state index in [0.717, 1.165) is 16.5 Å². The summed E-state index contributed by atoms with van der Waals surface area (Å²) in [6.45, 7) is 3.76. The standard InChI is InChI=1S/C19H16O5/c1-11-6-7-16-14(9-17(21)24-18(16)12(11)2)10-23-19(22)13-4-3-5-15(20)8-13/h3-9,20H,10H2,1-2H3. The average molecular weight is 324 g/mol. The Labute approximate surface area is 138 Å². The van der Waals surface area contributed by atoms with Gasteiger partial charge in [0, 0.05) is 17.0 Å². The van der Waals surface area contributed by atoms with Gasteiger partial charge in [-0.15, -0.1) is 0 Å². The monoisotopic (exact) mass is 324 g/mol. The van der Waals surface area contributed by atoms with Gasteiger partial charge in [0.2, 0.25) is 0 Å². The Morgan fingerprint density at radius 2 is 1.96 bits per heavy atom. The van der Waals surface area contributed by atoms with E-state index in [0.29, 0.717) is 11.1 Å². The minimum absolute atomic E-state index is 0.0126. The van der Waals surface area contributed by atoms with Gasteiger partial charge in [-0.3, -0.25) is 0 Å². The zero-order valence-corrected chi connectivity index (χ0v) is 13.3. The number of hydrogen-bond donors (Lipinski definition) is 1. The molecule has 0 fully saturated rings. The number of phenols is 1. The van der Waals surface area contributed by atoms with Crippen molar-refractivity contribution in [3.8, 4) is 5.75 Å². The first-order chi connectivity index (χ1) is 11.5. The van der Waals surface area contributed by atoms with Gasteiger partial charge >= 0.3 is 11.6 Å². The second-order valence-electron chi connectivity index (χ2n) is 5.60. The molecule has 2 aromatic carbocycles. The number of rotatable bonds is 3. The van der Waals surface area contributed by atoms with E-state index in [-0.39, 0.29) is 17.9 Å². The summed E-state index contributed by atoms with van der Waals surface area (Å²) in [5.74, 6) is -0.586. The average Bonchev–Trinajstić information content (AvgIpc) is 2.56. The first-order valence-electron chi connectivity index (χ1n) is 7.45. The fourth-order valence-electron chi connectivity index (χ4n) is 2.50. The molecule has 5 nitrogen and oxygen atoms in total. The maximum atomic E-state index is 12.1. The summed E-state index contributed by atoms with van der Waals surface area (Å²) < 4.78 is 10.6. The Balaban J connectivity index is 1.92. The van der Waals surface area contributed by atoms with Crippen LogP contribution in [0.4, 0.5) is 0 Å². The first-order valence-corrected chi connectivity index (χ1v) is 7.45. The SMILES string of the molecule is Cc1ccc2c(COC(=O)c3cccc(O)c3)cc(=O)oc2c1C. The molecule has 5 heteroatoms. The van der Waals surface area contributed by atoms with Crippen molar-refractivity contribution in [2.75, 3.05) is 0 Å². The minimum atomic E-state index is -0.573. The number of aryl methyl sites for hydroxylation is 2. The number of aromatic hydroxyl groups is 1. The molecule has 0 aliphatic rings. The number of esters is 1. The number of hydrogen-bond acceptors (Lipinski definition) is 5. The van der Waals surface area contributed by atoms with Crippen LogP contribution in [0.25, 0.3) is 11.0 Å². The number of phenolic OH excluding ortho intramolecular Hbond substituents is 1. The van der Waals surface area contributed by atoms with Gasteiger partial charge in [0.15, 0.2) is 0 Å². The molecular formula is C19H16O5. The zero-order valence-electron chi connectivity index (χ0n) is 13.3. The number of fused-ring (bicyclic) bond motifs is 1. The largest absolute Gasteiger partial charge is 0.508 e. The Kier molecular flexibility index (Phi) is 4.08. The molecular weight excluding hydrogens is 308 g/mol. The van der Waals surface area contributed by atoms with Crippen molar-refractivity contribution in [2.24, 2.45) is 0 Å². The zero-order chi connectivity index (χ0) is 17.3. The predicted octanol–water partition coefficient (Wildman–Crippen LogP) is 3.47. The molecule has 0 aliphatic carbocycles. The molecule has 3 aromatic rings. The van der Waals surface area contributed by atoms with E-state index in [4.69, 9.17) is 9.15 Å².